The summed E-state index contributed by atoms with van der Waals surface area (Å²) in [6, 6.07) is -0.205. The van der Waals surface area contributed by atoms with Crippen LogP contribution in [0, 0.1) is 24.0 Å². The van der Waals surface area contributed by atoms with Crippen molar-refractivity contribution in [3.63, 3.8) is 0 Å². The maximum absolute atomic E-state index is 12.0. The van der Waals surface area contributed by atoms with Crippen LogP contribution in [0.1, 0.15) is 29.9 Å². The molecule has 0 fully saturated rings. The fraction of sp³-hybridized carbons (Fsp3) is 0.417. The fourth-order valence-electron chi connectivity index (χ4n) is 2.11. The summed E-state index contributed by atoms with van der Waals surface area (Å²) < 4.78 is 1.34. The molecule has 1 amide bonds. The fourth-order valence-corrected chi connectivity index (χ4v) is 2.11. The molecule has 112 valence electrons. The summed E-state index contributed by atoms with van der Waals surface area (Å²) in [7, 11) is 0. The second-order valence-corrected chi connectivity index (χ2v) is 4.76. The minimum atomic E-state index is -0.486. The molecule has 0 aliphatic carbocycles. The zero-order valence-corrected chi connectivity index (χ0v) is 12.0. The standard InChI is InChI=1S/C12H16N6O3/c1-7(10-4-13-14-5-10)15-11(19)6-17-9(3)12(18(20)21)8(2)16-17/h4-5,7H,6H2,1-3H3,(H,13,14)(H,15,19). The smallest absolute Gasteiger partial charge is 0.312 e. The van der Waals surface area contributed by atoms with Crippen LogP contribution in [-0.4, -0.2) is 30.8 Å². The third-order valence-corrected chi connectivity index (χ3v) is 3.22. The molecule has 1 unspecified atom stereocenters. The molecule has 0 saturated carbocycles. The number of amides is 1. The second kappa shape index (κ2) is 5.73. The van der Waals surface area contributed by atoms with Crippen LogP contribution in [0.15, 0.2) is 12.4 Å². The Bertz CT molecular complexity index is 661. The van der Waals surface area contributed by atoms with E-state index in [1.165, 1.54) is 4.68 Å². The van der Waals surface area contributed by atoms with Crippen molar-refractivity contribution in [2.75, 3.05) is 0 Å². The monoisotopic (exact) mass is 292 g/mol. The van der Waals surface area contributed by atoms with E-state index in [1.807, 2.05) is 6.92 Å². The van der Waals surface area contributed by atoms with Gasteiger partial charge in [-0.05, 0) is 20.8 Å². The van der Waals surface area contributed by atoms with Crippen molar-refractivity contribution in [2.24, 2.45) is 0 Å². The molecular weight excluding hydrogens is 276 g/mol. The zero-order valence-electron chi connectivity index (χ0n) is 12.0. The first-order valence-corrected chi connectivity index (χ1v) is 6.36. The van der Waals surface area contributed by atoms with E-state index in [2.05, 4.69) is 20.6 Å². The van der Waals surface area contributed by atoms with E-state index in [1.54, 1.807) is 26.2 Å². The van der Waals surface area contributed by atoms with Gasteiger partial charge in [-0.25, -0.2) is 0 Å². The number of aryl methyl sites for hydroxylation is 1. The first kappa shape index (κ1) is 14.7. The van der Waals surface area contributed by atoms with Gasteiger partial charge in [-0.15, -0.1) is 0 Å². The Balaban J connectivity index is 2.07. The van der Waals surface area contributed by atoms with Crippen LogP contribution >= 0.6 is 0 Å². The molecular formula is C12H16N6O3. The summed E-state index contributed by atoms with van der Waals surface area (Å²) in [5.74, 6) is -0.274. The van der Waals surface area contributed by atoms with Gasteiger partial charge in [-0.2, -0.15) is 10.2 Å². The van der Waals surface area contributed by atoms with E-state index in [9.17, 15) is 14.9 Å². The van der Waals surface area contributed by atoms with Gasteiger partial charge < -0.3 is 5.32 Å². The molecule has 2 aromatic rings. The predicted octanol–water partition coefficient (Wildman–Crippen LogP) is 1.01. The summed E-state index contributed by atoms with van der Waals surface area (Å²) >= 11 is 0. The zero-order chi connectivity index (χ0) is 15.6. The van der Waals surface area contributed by atoms with Crippen molar-refractivity contribution < 1.29 is 9.72 Å². The van der Waals surface area contributed by atoms with Crippen LogP contribution in [0.2, 0.25) is 0 Å². The Hall–Kier alpha value is -2.71. The molecule has 2 N–H and O–H groups in total. The molecule has 2 rings (SSSR count). The molecule has 0 radical (unpaired) electrons. The van der Waals surface area contributed by atoms with Crippen LogP contribution in [0.3, 0.4) is 0 Å². The van der Waals surface area contributed by atoms with Crippen LogP contribution in [0.25, 0.3) is 0 Å². The average molecular weight is 292 g/mol. The first-order chi connectivity index (χ1) is 9.90. The number of nitro groups is 1. The van der Waals surface area contributed by atoms with Crippen molar-refractivity contribution >= 4 is 11.6 Å². The number of aromatic amines is 1. The van der Waals surface area contributed by atoms with E-state index in [-0.39, 0.29) is 24.2 Å². The normalized spacial score (nSPS) is 12.1. The van der Waals surface area contributed by atoms with Crippen molar-refractivity contribution in [3.8, 4) is 0 Å². The van der Waals surface area contributed by atoms with Gasteiger partial charge in [0.2, 0.25) is 5.91 Å². The highest BCUT2D eigenvalue weighted by molar-refractivity contribution is 5.76. The Morgan fingerprint density at radius 1 is 1.57 bits per heavy atom. The second-order valence-electron chi connectivity index (χ2n) is 4.76. The topological polar surface area (TPSA) is 119 Å². The summed E-state index contributed by atoms with van der Waals surface area (Å²) in [6.45, 7) is 4.88. The summed E-state index contributed by atoms with van der Waals surface area (Å²) in [5.41, 5.74) is 1.46. The van der Waals surface area contributed by atoms with Crippen LogP contribution in [0.4, 0.5) is 5.69 Å². The van der Waals surface area contributed by atoms with E-state index < -0.39 is 4.92 Å². The van der Waals surface area contributed by atoms with Gasteiger partial charge in [0, 0.05) is 11.8 Å². The highest BCUT2D eigenvalue weighted by atomic mass is 16.6. The molecule has 9 heteroatoms. The minimum Gasteiger partial charge on any atom is -0.348 e. The van der Waals surface area contributed by atoms with Gasteiger partial charge in [0.1, 0.15) is 17.9 Å². The Kier molecular flexibility index (Phi) is 4.01. The van der Waals surface area contributed by atoms with Gasteiger partial charge in [-0.1, -0.05) is 0 Å². The summed E-state index contributed by atoms with van der Waals surface area (Å²) in [5, 5.41) is 24.2. The molecule has 9 nitrogen and oxygen atoms in total. The lowest BCUT2D eigenvalue weighted by atomic mass is 10.2. The maximum Gasteiger partial charge on any atom is 0.312 e. The van der Waals surface area contributed by atoms with Crippen molar-refractivity contribution in [1.82, 2.24) is 25.3 Å². The minimum absolute atomic E-state index is 0.0503. The Labute approximate surface area is 120 Å². The predicted molar refractivity (Wildman–Crippen MR) is 73.5 cm³/mol. The number of nitrogens with one attached hydrogen (secondary N) is 2. The van der Waals surface area contributed by atoms with Crippen LogP contribution < -0.4 is 5.32 Å². The van der Waals surface area contributed by atoms with Gasteiger partial charge in [0.15, 0.2) is 0 Å². The van der Waals surface area contributed by atoms with E-state index in [0.29, 0.717) is 11.4 Å². The molecule has 0 aliphatic rings. The van der Waals surface area contributed by atoms with E-state index in [0.717, 1.165) is 5.56 Å². The number of carbonyl (C=O) groups excluding carboxylic acids is 1. The molecule has 2 aromatic heterocycles. The lowest BCUT2D eigenvalue weighted by molar-refractivity contribution is -0.386. The van der Waals surface area contributed by atoms with Gasteiger partial charge >= 0.3 is 5.69 Å². The number of nitrogens with zero attached hydrogens (tertiary/aromatic N) is 4. The molecule has 0 aliphatic heterocycles. The largest absolute Gasteiger partial charge is 0.348 e. The molecule has 2 heterocycles. The number of H-pyrrole nitrogens is 1. The molecule has 0 bridgehead atoms. The highest BCUT2D eigenvalue weighted by Crippen LogP contribution is 2.21. The number of aromatic nitrogens is 4. The SMILES string of the molecule is Cc1nn(CC(=O)NC(C)c2cn[nH]c2)c(C)c1[N+](=O)[O-]. The van der Waals surface area contributed by atoms with Gasteiger partial charge in [-0.3, -0.25) is 24.7 Å². The first-order valence-electron chi connectivity index (χ1n) is 6.36. The lowest BCUT2D eigenvalue weighted by Crippen LogP contribution is -2.30. The third kappa shape index (κ3) is 3.07. The summed E-state index contributed by atoms with van der Waals surface area (Å²) in [6.07, 6.45) is 3.32. The number of carbonyl (C=O) groups is 1. The molecule has 0 spiro atoms. The maximum atomic E-state index is 12.0. The van der Waals surface area contributed by atoms with Crippen LogP contribution in [0.5, 0.6) is 0 Å². The van der Waals surface area contributed by atoms with E-state index in [4.69, 9.17) is 0 Å². The average Bonchev–Trinajstić information content (AvgIpc) is 2.98. The van der Waals surface area contributed by atoms with Crippen LogP contribution in [-0.2, 0) is 11.3 Å². The van der Waals surface area contributed by atoms with Crippen molar-refractivity contribution in [1.29, 1.82) is 0 Å². The molecule has 1 atom stereocenters. The lowest BCUT2D eigenvalue weighted by Gasteiger charge is -2.12. The van der Waals surface area contributed by atoms with Gasteiger partial charge in [0.05, 0.1) is 17.2 Å². The van der Waals surface area contributed by atoms with E-state index >= 15 is 0 Å². The quantitative estimate of drug-likeness (QED) is 0.629. The Morgan fingerprint density at radius 2 is 2.29 bits per heavy atom. The van der Waals surface area contributed by atoms with Crippen molar-refractivity contribution in [3.05, 3.63) is 39.5 Å². The van der Waals surface area contributed by atoms with Crippen molar-refractivity contribution in [2.45, 2.75) is 33.4 Å². The number of hydrogen-bond acceptors (Lipinski definition) is 5. The third-order valence-electron chi connectivity index (χ3n) is 3.22. The number of rotatable bonds is 5. The molecule has 21 heavy (non-hydrogen) atoms. The number of hydrogen-bond donors (Lipinski definition) is 2. The highest BCUT2D eigenvalue weighted by Gasteiger charge is 2.23. The summed E-state index contributed by atoms with van der Waals surface area (Å²) in [4.78, 5) is 22.4. The molecule has 0 aromatic carbocycles. The Morgan fingerprint density at radius 3 is 2.81 bits per heavy atom. The molecule has 0 saturated heterocycles. The van der Waals surface area contributed by atoms with Gasteiger partial charge in [0.25, 0.3) is 0 Å².